The van der Waals surface area contributed by atoms with Crippen molar-refractivity contribution < 1.29 is 9.09 Å². The van der Waals surface area contributed by atoms with E-state index in [1.54, 1.807) is 0 Å². The van der Waals surface area contributed by atoms with E-state index < -0.39 is 8.03 Å². The molecule has 1 aliphatic rings. The molecule has 1 aliphatic carbocycles. The lowest BCUT2D eigenvalue weighted by Gasteiger charge is -2.19. The highest BCUT2D eigenvalue weighted by atomic mass is 31.1. The Bertz CT molecular complexity index is 150. The first-order chi connectivity index (χ1) is 5.34. The first kappa shape index (κ1) is 8.86. The normalized spacial score (nSPS) is 22.5. The zero-order chi connectivity index (χ0) is 8.10. The molecule has 64 valence electrons. The van der Waals surface area contributed by atoms with Gasteiger partial charge in [0.05, 0.1) is 6.26 Å². The zero-order valence-corrected chi connectivity index (χ0v) is 7.71. The van der Waals surface area contributed by atoms with Gasteiger partial charge < -0.3 is 4.52 Å². The van der Waals surface area contributed by atoms with Gasteiger partial charge in [-0.15, -0.1) is 0 Å². The smallest absolute Gasteiger partial charge is 0.238 e. The summed E-state index contributed by atoms with van der Waals surface area (Å²) in [5.41, 5.74) is 0.326. The van der Waals surface area contributed by atoms with Gasteiger partial charge in [0.25, 0.3) is 0 Å². The third-order valence-electron chi connectivity index (χ3n) is 2.14. The van der Waals surface area contributed by atoms with Crippen LogP contribution in [-0.2, 0) is 9.09 Å². The molecule has 1 atom stereocenters. The molecule has 1 unspecified atom stereocenters. The summed E-state index contributed by atoms with van der Waals surface area (Å²) in [6.07, 6.45) is 7.16. The van der Waals surface area contributed by atoms with E-state index in [0.29, 0.717) is 5.66 Å². The van der Waals surface area contributed by atoms with E-state index in [0.717, 1.165) is 12.8 Å². The zero-order valence-electron chi connectivity index (χ0n) is 6.71. The molecule has 0 N–H and O–H groups in total. The fourth-order valence-corrected chi connectivity index (χ4v) is 2.75. The quantitative estimate of drug-likeness (QED) is 0.485. The Hall–Kier alpha value is -0.230. The Kier molecular flexibility index (Phi) is 3.71. The second kappa shape index (κ2) is 4.61. The molecule has 1 fully saturated rings. The van der Waals surface area contributed by atoms with Crippen molar-refractivity contribution in [3.63, 3.8) is 0 Å². The lowest BCUT2D eigenvalue weighted by atomic mass is 10.0. The van der Waals surface area contributed by atoms with Gasteiger partial charge in [-0.2, -0.15) is 0 Å². The van der Waals surface area contributed by atoms with Crippen LogP contribution in [0.25, 0.3) is 0 Å². The predicted octanol–water partition coefficient (Wildman–Crippen LogP) is 2.95. The first-order valence-electron chi connectivity index (χ1n) is 4.16. The van der Waals surface area contributed by atoms with E-state index in [-0.39, 0.29) is 0 Å². The van der Waals surface area contributed by atoms with E-state index >= 15 is 0 Å². The molecular formula is C8H15O2P. The van der Waals surface area contributed by atoms with Gasteiger partial charge in [0, 0.05) is 5.66 Å². The standard InChI is InChI=1S/C8H15O2P/c1-2-10-11(9)8-6-4-3-5-7-8/h2,8,11H,1,3-7H2. The van der Waals surface area contributed by atoms with Gasteiger partial charge in [-0.05, 0) is 12.8 Å². The van der Waals surface area contributed by atoms with Crippen LogP contribution in [0, 0.1) is 0 Å². The maximum absolute atomic E-state index is 11.3. The Balaban J connectivity index is 2.32. The molecular weight excluding hydrogens is 159 g/mol. The Morgan fingerprint density at radius 3 is 2.55 bits per heavy atom. The highest BCUT2D eigenvalue weighted by molar-refractivity contribution is 7.40. The Morgan fingerprint density at radius 1 is 1.36 bits per heavy atom. The number of rotatable bonds is 3. The van der Waals surface area contributed by atoms with Gasteiger partial charge in [0.1, 0.15) is 0 Å². The van der Waals surface area contributed by atoms with Crippen LogP contribution in [0.5, 0.6) is 0 Å². The van der Waals surface area contributed by atoms with E-state index in [2.05, 4.69) is 6.58 Å². The highest BCUT2D eigenvalue weighted by Gasteiger charge is 2.19. The summed E-state index contributed by atoms with van der Waals surface area (Å²) >= 11 is 0. The van der Waals surface area contributed by atoms with E-state index in [4.69, 9.17) is 4.52 Å². The van der Waals surface area contributed by atoms with Crippen molar-refractivity contribution in [3.8, 4) is 0 Å². The molecule has 3 heteroatoms. The maximum Gasteiger partial charge on any atom is 0.238 e. The van der Waals surface area contributed by atoms with E-state index in [1.165, 1.54) is 25.5 Å². The topological polar surface area (TPSA) is 26.3 Å². The van der Waals surface area contributed by atoms with Crippen LogP contribution in [0.4, 0.5) is 0 Å². The average Bonchev–Trinajstić information content (AvgIpc) is 2.07. The SMILES string of the molecule is C=CO[PH](=O)C1CCCCC1. The summed E-state index contributed by atoms with van der Waals surface area (Å²) in [4.78, 5) is 0. The van der Waals surface area contributed by atoms with Gasteiger partial charge in [-0.3, -0.25) is 4.57 Å². The van der Waals surface area contributed by atoms with E-state index in [9.17, 15) is 4.57 Å². The van der Waals surface area contributed by atoms with Crippen LogP contribution in [0.3, 0.4) is 0 Å². The van der Waals surface area contributed by atoms with Gasteiger partial charge in [0.15, 0.2) is 0 Å². The van der Waals surface area contributed by atoms with Crippen LogP contribution in [0.2, 0.25) is 0 Å². The van der Waals surface area contributed by atoms with Crippen molar-refractivity contribution in [2.45, 2.75) is 37.8 Å². The second-order valence-electron chi connectivity index (χ2n) is 2.94. The molecule has 1 saturated carbocycles. The summed E-state index contributed by atoms with van der Waals surface area (Å²) in [6, 6.07) is 0. The van der Waals surface area contributed by atoms with Crippen LogP contribution in [-0.4, -0.2) is 5.66 Å². The van der Waals surface area contributed by atoms with Crippen LogP contribution in [0.1, 0.15) is 32.1 Å². The Labute approximate surface area is 68.5 Å². The van der Waals surface area contributed by atoms with Crippen molar-refractivity contribution in [2.75, 3.05) is 0 Å². The first-order valence-corrected chi connectivity index (χ1v) is 5.55. The molecule has 1 rings (SSSR count). The third-order valence-corrected chi connectivity index (χ3v) is 3.78. The molecule has 0 spiro atoms. The minimum Gasteiger partial charge on any atom is -0.453 e. The summed E-state index contributed by atoms with van der Waals surface area (Å²) in [5, 5.41) is 0. The maximum atomic E-state index is 11.3. The van der Waals surface area contributed by atoms with Crippen LogP contribution < -0.4 is 0 Å². The largest absolute Gasteiger partial charge is 0.453 e. The second-order valence-corrected chi connectivity index (χ2v) is 4.63. The summed E-state index contributed by atoms with van der Waals surface area (Å²) in [7, 11) is -1.81. The molecule has 0 saturated heterocycles. The van der Waals surface area contributed by atoms with Gasteiger partial charge in [-0.1, -0.05) is 25.8 Å². The predicted molar refractivity (Wildman–Crippen MR) is 47.2 cm³/mol. The highest BCUT2D eigenvalue weighted by Crippen LogP contribution is 2.39. The van der Waals surface area contributed by atoms with Crippen molar-refractivity contribution >= 4 is 8.03 Å². The van der Waals surface area contributed by atoms with Crippen molar-refractivity contribution in [2.24, 2.45) is 0 Å². The van der Waals surface area contributed by atoms with Crippen molar-refractivity contribution in [1.29, 1.82) is 0 Å². The monoisotopic (exact) mass is 174 g/mol. The molecule has 0 aromatic carbocycles. The summed E-state index contributed by atoms with van der Waals surface area (Å²) in [6.45, 7) is 3.40. The van der Waals surface area contributed by atoms with Gasteiger partial charge in [0.2, 0.25) is 8.03 Å². The molecule has 0 aliphatic heterocycles. The minimum absolute atomic E-state index is 0.326. The molecule has 2 nitrogen and oxygen atoms in total. The minimum atomic E-state index is -1.81. The molecule has 0 aromatic rings. The fraction of sp³-hybridized carbons (Fsp3) is 0.750. The molecule has 0 aromatic heterocycles. The lowest BCUT2D eigenvalue weighted by Crippen LogP contribution is -2.07. The van der Waals surface area contributed by atoms with Crippen molar-refractivity contribution in [3.05, 3.63) is 12.8 Å². The molecule has 0 radical (unpaired) electrons. The van der Waals surface area contributed by atoms with E-state index in [1.807, 2.05) is 0 Å². The van der Waals surface area contributed by atoms with Crippen LogP contribution >= 0.6 is 8.03 Å². The molecule has 0 amide bonds. The van der Waals surface area contributed by atoms with Crippen LogP contribution in [0.15, 0.2) is 12.8 Å². The summed E-state index contributed by atoms with van der Waals surface area (Å²) in [5.74, 6) is 0. The average molecular weight is 174 g/mol. The van der Waals surface area contributed by atoms with Gasteiger partial charge >= 0.3 is 0 Å². The molecule has 0 heterocycles. The third kappa shape index (κ3) is 2.70. The summed E-state index contributed by atoms with van der Waals surface area (Å²) < 4.78 is 16.2. The van der Waals surface area contributed by atoms with Crippen molar-refractivity contribution in [1.82, 2.24) is 0 Å². The molecule has 11 heavy (non-hydrogen) atoms. The lowest BCUT2D eigenvalue weighted by molar-refractivity contribution is 0.420. The Morgan fingerprint density at radius 2 is 2.00 bits per heavy atom. The fourth-order valence-electron chi connectivity index (χ4n) is 1.52. The number of hydrogen-bond acceptors (Lipinski definition) is 2. The number of hydrogen-bond donors (Lipinski definition) is 0. The van der Waals surface area contributed by atoms with Gasteiger partial charge in [-0.25, -0.2) is 0 Å². The molecule has 0 bridgehead atoms.